The molecule has 1 aliphatic heterocycles. The van der Waals surface area contributed by atoms with Gasteiger partial charge >= 0.3 is 0 Å². The molecule has 1 unspecified atom stereocenters. The first-order chi connectivity index (χ1) is 7.12. The molecule has 1 aromatic rings. The summed E-state index contributed by atoms with van der Waals surface area (Å²) in [5.74, 6) is -0.768. The fourth-order valence-corrected chi connectivity index (χ4v) is 1.94. The van der Waals surface area contributed by atoms with Crippen LogP contribution in [0.1, 0.15) is 12.5 Å². The van der Waals surface area contributed by atoms with Crippen molar-refractivity contribution < 1.29 is 8.78 Å². The highest BCUT2D eigenvalue weighted by atomic mass is 19.1. The van der Waals surface area contributed by atoms with Gasteiger partial charge in [-0.3, -0.25) is 0 Å². The Morgan fingerprint density at radius 1 is 1.27 bits per heavy atom. The highest BCUT2D eigenvalue weighted by molar-refractivity contribution is 5.27. The maximum Gasteiger partial charge on any atom is 0.128 e. The molecule has 2 rings (SSSR count). The highest BCUT2D eigenvalue weighted by Crippen LogP contribution is 2.24. The number of hydrogen-bond acceptors (Lipinski definition) is 2. The van der Waals surface area contributed by atoms with Gasteiger partial charge in [-0.05, 0) is 25.1 Å². The zero-order chi connectivity index (χ0) is 10.9. The minimum absolute atomic E-state index is 0.366. The van der Waals surface area contributed by atoms with E-state index in [1.165, 1.54) is 12.1 Å². The number of hydrogen-bond donors (Lipinski definition) is 2. The number of piperazine rings is 1. The van der Waals surface area contributed by atoms with Crippen LogP contribution in [-0.2, 0) is 5.54 Å². The van der Waals surface area contributed by atoms with Gasteiger partial charge in [0.15, 0.2) is 0 Å². The Kier molecular flexibility index (Phi) is 2.71. The summed E-state index contributed by atoms with van der Waals surface area (Å²) in [5.41, 5.74) is -0.139. The molecule has 1 atom stereocenters. The molecule has 0 aromatic heterocycles. The van der Waals surface area contributed by atoms with Crippen molar-refractivity contribution in [2.24, 2.45) is 0 Å². The fourth-order valence-electron chi connectivity index (χ4n) is 1.94. The van der Waals surface area contributed by atoms with Crippen molar-refractivity contribution in [3.05, 3.63) is 35.4 Å². The van der Waals surface area contributed by atoms with Crippen molar-refractivity contribution in [1.82, 2.24) is 10.6 Å². The lowest BCUT2D eigenvalue weighted by Gasteiger charge is -2.36. The Morgan fingerprint density at radius 3 is 2.73 bits per heavy atom. The molecule has 4 heteroatoms. The SMILES string of the molecule is CC1(c2cc(F)ccc2F)CNCCN1. The van der Waals surface area contributed by atoms with Gasteiger partial charge in [0.2, 0.25) is 0 Å². The maximum absolute atomic E-state index is 13.6. The topological polar surface area (TPSA) is 24.1 Å². The standard InChI is InChI=1S/C11H14F2N2/c1-11(7-14-4-5-15-11)9-6-8(12)2-3-10(9)13/h2-3,6,14-15H,4-5,7H2,1H3. The number of rotatable bonds is 1. The quantitative estimate of drug-likeness (QED) is 0.734. The molecule has 1 fully saturated rings. The minimum atomic E-state index is -0.523. The van der Waals surface area contributed by atoms with Crippen LogP contribution in [0, 0.1) is 11.6 Å². The first kappa shape index (κ1) is 10.5. The summed E-state index contributed by atoms with van der Waals surface area (Å²) in [5, 5.41) is 6.38. The van der Waals surface area contributed by atoms with Crippen molar-refractivity contribution >= 4 is 0 Å². The van der Waals surface area contributed by atoms with Crippen LogP contribution >= 0.6 is 0 Å². The van der Waals surface area contributed by atoms with Crippen molar-refractivity contribution in [3.63, 3.8) is 0 Å². The van der Waals surface area contributed by atoms with E-state index in [0.717, 1.165) is 19.2 Å². The van der Waals surface area contributed by atoms with Gasteiger partial charge < -0.3 is 10.6 Å². The van der Waals surface area contributed by atoms with E-state index < -0.39 is 11.4 Å². The Labute approximate surface area is 87.7 Å². The van der Waals surface area contributed by atoms with Gasteiger partial charge in [0.1, 0.15) is 11.6 Å². The third kappa shape index (κ3) is 2.01. The van der Waals surface area contributed by atoms with E-state index in [4.69, 9.17) is 0 Å². The fraction of sp³-hybridized carbons (Fsp3) is 0.455. The Balaban J connectivity index is 2.38. The highest BCUT2D eigenvalue weighted by Gasteiger charge is 2.31. The third-order valence-electron chi connectivity index (χ3n) is 2.82. The van der Waals surface area contributed by atoms with Crippen LogP contribution in [0.3, 0.4) is 0 Å². The van der Waals surface area contributed by atoms with E-state index in [1.54, 1.807) is 0 Å². The molecule has 2 N–H and O–H groups in total. The van der Waals surface area contributed by atoms with Gasteiger partial charge in [0, 0.05) is 25.2 Å². The van der Waals surface area contributed by atoms with Gasteiger partial charge in [-0.2, -0.15) is 0 Å². The Hall–Kier alpha value is -1.00. The second-order valence-electron chi connectivity index (χ2n) is 4.06. The lowest BCUT2D eigenvalue weighted by Crippen LogP contribution is -2.55. The monoisotopic (exact) mass is 212 g/mol. The predicted molar refractivity (Wildman–Crippen MR) is 54.6 cm³/mol. The largest absolute Gasteiger partial charge is 0.313 e. The van der Waals surface area contributed by atoms with Gasteiger partial charge in [0.25, 0.3) is 0 Å². The molecule has 1 aliphatic rings. The minimum Gasteiger partial charge on any atom is -0.313 e. The summed E-state index contributed by atoms with van der Waals surface area (Å²) in [6.07, 6.45) is 0. The maximum atomic E-state index is 13.6. The number of halogens is 2. The summed E-state index contributed by atoms with van der Waals surface area (Å²) in [4.78, 5) is 0. The summed E-state index contributed by atoms with van der Waals surface area (Å²) in [6, 6.07) is 3.57. The molecule has 0 aliphatic carbocycles. The molecule has 15 heavy (non-hydrogen) atoms. The number of nitrogens with one attached hydrogen (secondary N) is 2. The molecule has 0 saturated carbocycles. The van der Waals surface area contributed by atoms with Crippen LogP contribution in [0.15, 0.2) is 18.2 Å². The van der Waals surface area contributed by atoms with E-state index in [9.17, 15) is 8.78 Å². The molecule has 1 saturated heterocycles. The lowest BCUT2D eigenvalue weighted by atomic mass is 9.90. The molecule has 0 amide bonds. The van der Waals surface area contributed by atoms with E-state index >= 15 is 0 Å². The van der Waals surface area contributed by atoms with Gasteiger partial charge in [-0.25, -0.2) is 8.78 Å². The summed E-state index contributed by atoms with van der Waals surface area (Å²) < 4.78 is 26.6. The van der Waals surface area contributed by atoms with E-state index in [1.807, 2.05) is 6.92 Å². The molecule has 2 nitrogen and oxygen atoms in total. The smallest absolute Gasteiger partial charge is 0.128 e. The van der Waals surface area contributed by atoms with Crippen molar-refractivity contribution in [1.29, 1.82) is 0 Å². The summed E-state index contributed by atoms with van der Waals surface area (Å²) >= 11 is 0. The molecular formula is C11H14F2N2. The van der Waals surface area contributed by atoms with Crippen LogP contribution < -0.4 is 10.6 Å². The summed E-state index contributed by atoms with van der Waals surface area (Å²) in [6.45, 7) is 4.09. The van der Waals surface area contributed by atoms with E-state index in [2.05, 4.69) is 10.6 Å². The lowest BCUT2D eigenvalue weighted by molar-refractivity contribution is 0.292. The summed E-state index contributed by atoms with van der Waals surface area (Å²) in [7, 11) is 0. The van der Waals surface area contributed by atoms with Crippen LogP contribution in [0.2, 0.25) is 0 Å². The second kappa shape index (κ2) is 3.87. The van der Waals surface area contributed by atoms with Crippen LogP contribution in [0.4, 0.5) is 8.78 Å². The predicted octanol–water partition coefficient (Wildman–Crippen LogP) is 1.37. The first-order valence-electron chi connectivity index (χ1n) is 5.03. The van der Waals surface area contributed by atoms with Crippen LogP contribution in [-0.4, -0.2) is 19.6 Å². The van der Waals surface area contributed by atoms with Gasteiger partial charge in [-0.1, -0.05) is 0 Å². The molecule has 1 heterocycles. The van der Waals surface area contributed by atoms with Gasteiger partial charge in [0.05, 0.1) is 5.54 Å². The zero-order valence-corrected chi connectivity index (χ0v) is 8.61. The Bertz CT molecular complexity index is 360. The first-order valence-corrected chi connectivity index (χ1v) is 5.03. The molecule has 0 radical (unpaired) electrons. The average molecular weight is 212 g/mol. The van der Waals surface area contributed by atoms with Crippen molar-refractivity contribution in [2.75, 3.05) is 19.6 Å². The third-order valence-corrected chi connectivity index (χ3v) is 2.82. The van der Waals surface area contributed by atoms with E-state index in [0.29, 0.717) is 12.1 Å². The molecule has 0 spiro atoms. The Morgan fingerprint density at radius 2 is 2.07 bits per heavy atom. The molecule has 0 bridgehead atoms. The normalized spacial score (nSPS) is 26.6. The average Bonchev–Trinajstić information content (AvgIpc) is 2.23. The zero-order valence-electron chi connectivity index (χ0n) is 8.61. The van der Waals surface area contributed by atoms with Crippen LogP contribution in [0.25, 0.3) is 0 Å². The molecule has 1 aromatic carbocycles. The molecule has 82 valence electrons. The van der Waals surface area contributed by atoms with Gasteiger partial charge in [-0.15, -0.1) is 0 Å². The van der Waals surface area contributed by atoms with Crippen molar-refractivity contribution in [2.45, 2.75) is 12.5 Å². The van der Waals surface area contributed by atoms with E-state index in [-0.39, 0.29) is 5.82 Å². The van der Waals surface area contributed by atoms with Crippen molar-refractivity contribution in [3.8, 4) is 0 Å². The number of benzene rings is 1. The van der Waals surface area contributed by atoms with Crippen LogP contribution in [0.5, 0.6) is 0 Å². The molecular weight excluding hydrogens is 198 g/mol. The second-order valence-corrected chi connectivity index (χ2v) is 4.06.